The molecule has 0 aromatic carbocycles. The van der Waals surface area contributed by atoms with Gasteiger partial charge in [0.2, 0.25) is 0 Å². The molecule has 20 heavy (non-hydrogen) atoms. The van der Waals surface area contributed by atoms with E-state index in [1.807, 2.05) is 6.92 Å². The molecule has 0 radical (unpaired) electrons. The second kappa shape index (κ2) is 7.28. The first kappa shape index (κ1) is 15.6. The molecule has 0 amide bonds. The first-order valence-electron chi connectivity index (χ1n) is 7.99. The summed E-state index contributed by atoms with van der Waals surface area (Å²) in [5, 5.41) is 3.38. The molecule has 0 aliphatic heterocycles. The summed E-state index contributed by atoms with van der Waals surface area (Å²) in [6.45, 7) is 10.1. The molecule has 1 aromatic heterocycles. The lowest BCUT2D eigenvalue weighted by Gasteiger charge is -2.28. The number of nitrogens with one attached hydrogen (secondary N) is 1. The second-order valence-corrected chi connectivity index (χ2v) is 6.44. The third-order valence-corrected chi connectivity index (χ3v) is 4.24. The molecule has 1 aliphatic rings. The van der Waals surface area contributed by atoms with E-state index in [1.165, 1.54) is 31.2 Å². The molecule has 1 aromatic rings. The maximum Gasteiger partial charge on any atom is 0.118 e. The summed E-state index contributed by atoms with van der Waals surface area (Å²) in [6, 6.07) is 2.61. The van der Waals surface area contributed by atoms with E-state index in [1.54, 1.807) is 0 Å². The number of hydrogen-bond acceptors (Lipinski definition) is 3. The zero-order chi connectivity index (χ0) is 14.5. The zero-order valence-electron chi connectivity index (χ0n) is 13.4. The monoisotopic (exact) mass is 279 g/mol. The van der Waals surface area contributed by atoms with Gasteiger partial charge >= 0.3 is 0 Å². The molecule has 0 spiro atoms. The summed E-state index contributed by atoms with van der Waals surface area (Å²) in [6.07, 6.45) is 5.60. The van der Waals surface area contributed by atoms with Crippen LogP contribution in [0.2, 0.25) is 0 Å². The SMILES string of the molecule is Cc1oc(CNC(C)C)cc1COC1CCCCC1C. The van der Waals surface area contributed by atoms with E-state index < -0.39 is 0 Å². The van der Waals surface area contributed by atoms with Crippen molar-refractivity contribution in [2.24, 2.45) is 5.92 Å². The van der Waals surface area contributed by atoms with E-state index in [0.29, 0.717) is 24.7 Å². The molecular weight excluding hydrogens is 250 g/mol. The van der Waals surface area contributed by atoms with E-state index >= 15 is 0 Å². The Balaban J connectivity index is 1.85. The quantitative estimate of drug-likeness (QED) is 0.848. The topological polar surface area (TPSA) is 34.4 Å². The lowest BCUT2D eigenvalue weighted by molar-refractivity contribution is -0.0158. The van der Waals surface area contributed by atoms with Crippen LogP contribution >= 0.6 is 0 Å². The molecule has 2 atom stereocenters. The van der Waals surface area contributed by atoms with Crippen molar-refractivity contribution in [3.05, 3.63) is 23.2 Å². The molecule has 1 saturated carbocycles. The van der Waals surface area contributed by atoms with Crippen molar-refractivity contribution in [1.29, 1.82) is 0 Å². The fraction of sp³-hybridized carbons (Fsp3) is 0.765. The van der Waals surface area contributed by atoms with Gasteiger partial charge in [-0.2, -0.15) is 0 Å². The third kappa shape index (κ3) is 4.35. The average Bonchev–Trinajstić information content (AvgIpc) is 2.76. The van der Waals surface area contributed by atoms with Gasteiger partial charge in [-0.3, -0.25) is 0 Å². The summed E-state index contributed by atoms with van der Waals surface area (Å²) in [5.41, 5.74) is 1.20. The Morgan fingerprint density at radius 2 is 2.10 bits per heavy atom. The molecule has 2 unspecified atom stereocenters. The maximum absolute atomic E-state index is 6.12. The van der Waals surface area contributed by atoms with Gasteiger partial charge in [-0.1, -0.05) is 33.6 Å². The van der Waals surface area contributed by atoms with E-state index in [4.69, 9.17) is 9.15 Å². The van der Waals surface area contributed by atoms with Crippen molar-refractivity contribution >= 4 is 0 Å². The summed E-state index contributed by atoms with van der Waals surface area (Å²) < 4.78 is 11.9. The Labute approximate surface area is 123 Å². The first-order chi connectivity index (χ1) is 9.56. The number of hydrogen-bond donors (Lipinski definition) is 1. The Kier molecular flexibility index (Phi) is 5.67. The Hall–Kier alpha value is -0.800. The molecule has 1 aliphatic carbocycles. The lowest BCUT2D eigenvalue weighted by atomic mass is 9.88. The highest BCUT2D eigenvalue weighted by Gasteiger charge is 2.22. The van der Waals surface area contributed by atoms with Crippen LogP contribution in [0.25, 0.3) is 0 Å². The molecule has 2 rings (SSSR count). The van der Waals surface area contributed by atoms with Gasteiger partial charge in [0.05, 0.1) is 19.3 Å². The van der Waals surface area contributed by atoms with Crippen LogP contribution in [0.4, 0.5) is 0 Å². The maximum atomic E-state index is 6.12. The largest absolute Gasteiger partial charge is 0.465 e. The van der Waals surface area contributed by atoms with E-state index in [0.717, 1.165) is 18.1 Å². The average molecular weight is 279 g/mol. The van der Waals surface area contributed by atoms with Crippen LogP contribution in [0.3, 0.4) is 0 Å². The van der Waals surface area contributed by atoms with Crippen LogP contribution in [-0.4, -0.2) is 12.1 Å². The van der Waals surface area contributed by atoms with Crippen molar-refractivity contribution in [3.63, 3.8) is 0 Å². The van der Waals surface area contributed by atoms with Crippen LogP contribution in [-0.2, 0) is 17.9 Å². The third-order valence-electron chi connectivity index (χ3n) is 4.24. The van der Waals surface area contributed by atoms with Gasteiger partial charge < -0.3 is 14.5 Å². The molecule has 114 valence electrons. The zero-order valence-corrected chi connectivity index (χ0v) is 13.4. The predicted octanol–water partition coefficient (Wildman–Crippen LogP) is 4.18. The van der Waals surface area contributed by atoms with Crippen LogP contribution in [0, 0.1) is 12.8 Å². The summed E-state index contributed by atoms with van der Waals surface area (Å²) in [5.74, 6) is 2.69. The van der Waals surface area contributed by atoms with Crippen LogP contribution in [0.5, 0.6) is 0 Å². The highest BCUT2D eigenvalue weighted by atomic mass is 16.5. The number of ether oxygens (including phenoxy) is 1. The summed E-state index contributed by atoms with van der Waals surface area (Å²) >= 11 is 0. The lowest BCUT2D eigenvalue weighted by Crippen LogP contribution is -2.25. The molecule has 0 bridgehead atoms. The molecule has 1 N–H and O–H groups in total. The number of aryl methyl sites for hydroxylation is 1. The summed E-state index contributed by atoms with van der Waals surface area (Å²) in [4.78, 5) is 0. The second-order valence-electron chi connectivity index (χ2n) is 6.44. The Morgan fingerprint density at radius 3 is 2.80 bits per heavy atom. The van der Waals surface area contributed by atoms with E-state index in [-0.39, 0.29) is 0 Å². The van der Waals surface area contributed by atoms with Gasteiger partial charge in [-0.25, -0.2) is 0 Å². The van der Waals surface area contributed by atoms with Crippen molar-refractivity contribution in [2.45, 2.75) is 78.7 Å². The van der Waals surface area contributed by atoms with Gasteiger partial charge in [0.25, 0.3) is 0 Å². The molecule has 1 fully saturated rings. The van der Waals surface area contributed by atoms with Crippen LogP contribution < -0.4 is 5.32 Å². The molecule has 3 heteroatoms. The fourth-order valence-electron chi connectivity index (χ4n) is 2.85. The predicted molar refractivity (Wildman–Crippen MR) is 81.6 cm³/mol. The van der Waals surface area contributed by atoms with E-state index in [9.17, 15) is 0 Å². The van der Waals surface area contributed by atoms with Crippen molar-refractivity contribution in [3.8, 4) is 0 Å². The molecule has 1 heterocycles. The number of rotatable bonds is 6. The molecule has 0 saturated heterocycles. The summed E-state index contributed by atoms with van der Waals surface area (Å²) in [7, 11) is 0. The van der Waals surface area contributed by atoms with Crippen molar-refractivity contribution in [2.75, 3.05) is 0 Å². The first-order valence-corrected chi connectivity index (χ1v) is 7.99. The smallest absolute Gasteiger partial charge is 0.118 e. The minimum Gasteiger partial charge on any atom is -0.465 e. The van der Waals surface area contributed by atoms with Gasteiger partial charge in [0.1, 0.15) is 11.5 Å². The van der Waals surface area contributed by atoms with Crippen LogP contribution in [0.1, 0.15) is 63.5 Å². The highest BCUT2D eigenvalue weighted by molar-refractivity contribution is 5.20. The van der Waals surface area contributed by atoms with Crippen molar-refractivity contribution < 1.29 is 9.15 Å². The van der Waals surface area contributed by atoms with Gasteiger partial charge in [0, 0.05) is 11.6 Å². The van der Waals surface area contributed by atoms with Crippen LogP contribution in [0.15, 0.2) is 10.5 Å². The highest BCUT2D eigenvalue weighted by Crippen LogP contribution is 2.27. The van der Waals surface area contributed by atoms with E-state index in [2.05, 4.69) is 32.2 Å². The minimum absolute atomic E-state index is 0.426. The number of furan rings is 1. The fourth-order valence-corrected chi connectivity index (χ4v) is 2.85. The van der Waals surface area contributed by atoms with Gasteiger partial charge in [-0.05, 0) is 31.7 Å². The Morgan fingerprint density at radius 1 is 1.35 bits per heavy atom. The normalized spacial score (nSPS) is 23.4. The molecule has 3 nitrogen and oxygen atoms in total. The standard InChI is InChI=1S/C17H29NO2/c1-12(2)18-10-16-9-15(14(4)20-16)11-19-17-8-6-5-7-13(17)3/h9,12-13,17-18H,5-8,10-11H2,1-4H3. The van der Waals surface area contributed by atoms with Crippen molar-refractivity contribution in [1.82, 2.24) is 5.32 Å². The Bertz CT molecular complexity index is 411. The van der Waals surface area contributed by atoms with Gasteiger partial charge in [0.15, 0.2) is 0 Å². The molecular formula is C17H29NO2. The minimum atomic E-state index is 0.426. The van der Waals surface area contributed by atoms with Gasteiger partial charge in [-0.15, -0.1) is 0 Å².